The summed E-state index contributed by atoms with van der Waals surface area (Å²) < 4.78 is 46.9. The van der Waals surface area contributed by atoms with Crippen molar-refractivity contribution in [1.29, 1.82) is 0 Å². The minimum Gasteiger partial charge on any atom is -0.498 e. The molecular weight excluding hydrogens is 815 g/mol. The second kappa shape index (κ2) is 17.5. The standard InChI is InChI=1S/C21H24N2O5.C21H22N2O5.CH2Cl2.CH4/c2*1-23(2)17-14-9-13-10-15(25-3)21(14,27-13)19(24)16-18(17)28-22-20(16)26-11-12-7-5-4-6-8-12;2-1-3;/h4-8,10,13-14,17,19,24H,9,11H2,1-3H3;4-8,10,13-14,17H,9,11H2,1-3H3;1H2;1H4/t13-,14+,17+,19?,21+;13-,14+,17+,21+;;/m11../s1. The number of alkyl halides is 2. The van der Waals surface area contributed by atoms with Crippen molar-refractivity contribution in [2.45, 2.75) is 75.1 Å². The van der Waals surface area contributed by atoms with E-state index < -0.39 is 17.3 Å². The van der Waals surface area contributed by atoms with Crippen LogP contribution in [0.4, 0.5) is 0 Å². The maximum atomic E-state index is 13.7. The summed E-state index contributed by atoms with van der Waals surface area (Å²) in [5.74, 6) is 2.66. The van der Waals surface area contributed by atoms with E-state index in [0.29, 0.717) is 53.3 Å². The lowest BCUT2D eigenvalue weighted by Gasteiger charge is -2.46. The first-order valence-corrected chi connectivity index (χ1v) is 20.5. The number of ketones is 1. The molecule has 1 N–H and O–H groups in total. The van der Waals surface area contributed by atoms with Gasteiger partial charge in [-0.3, -0.25) is 14.6 Å². The highest BCUT2D eigenvalue weighted by atomic mass is 35.5. The van der Waals surface area contributed by atoms with E-state index in [0.717, 1.165) is 24.0 Å². The number of aromatic nitrogens is 2. The van der Waals surface area contributed by atoms with E-state index in [1.165, 1.54) is 0 Å². The van der Waals surface area contributed by atoms with Gasteiger partial charge in [-0.15, -0.1) is 23.2 Å². The largest absolute Gasteiger partial charge is 0.498 e. The van der Waals surface area contributed by atoms with Crippen LogP contribution in [0.25, 0.3) is 0 Å². The van der Waals surface area contributed by atoms with Gasteiger partial charge < -0.3 is 42.6 Å². The van der Waals surface area contributed by atoms with Crippen molar-refractivity contribution in [3.8, 4) is 11.8 Å². The smallest absolute Gasteiger partial charge is 0.265 e. The Morgan fingerprint density at radius 3 is 1.83 bits per heavy atom. The van der Waals surface area contributed by atoms with Gasteiger partial charge in [0, 0.05) is 11.8 Å². The predicted octanol–water partition coefficient (Wildman–Crippen LogP) is 7.39. The highest BCUT2D eigenvalue weighted by Gasteiger charge is 2.69. The number of ether oxygens (including phenoxy) is 6. The Morgan fingerprint density at radius 2 is 1.25 bits per heavy atom. The lowest BCUT2D eigenvalue weighted by molar-refractivity contribution is -0.132. The summed E-state index contributed by atoms with van der Waals surface area (Å²) in [5, 5.41) is 19.9. The first-order valence-electron chi connectivity index (χ1n) is 19.4. The van der Waals surface area contributed by atoms with Crippen molar-refractivity contribution in [2.24, 2.45) is 11.8 Å². The molecule has 4 aliphatic heterocycles. The second-order valence-electron chi connectivity index (χ2n) is 15.7. The zero-order chi connectivity index (χ0) is 41.6. The molecule has 9 atom stereocenters. The third-order valence-corrected chi connectivity index (χ3v) is 12.1. The van der Waals surface area contributed by atoms with Crippen LogP contribution in [0.15, 0.2) is 93.4 Å². The third-order valence-electron chi connectivity index (χ3n) is 12.1. The van der Waals surface area contributed by atoms with Gasteiger partial charge >= 0.3 is 0 Å². The summed E-state index contributed by atoms with van der Waals surface area (Å²) in [6, 6.07) is 19.3. The number of nitrogens with zero attached hydrogens (tertiary/aromatic N) is 4. The molecule has 2 aliphatic carbocycles. The fourth-order valence-corrected chi connectivity index (χ4v) is 9.84. The molecule has 6 heterocycles. The first kappa shape index (κ1) is 43.7. The van der Waals surface area contributed by atoms with Gasteiger partial charge in [-0.2, -0.15) is 0 Å². The molecule has 0 saturated carbocycles. The van der Waals surface area contributed by atoms with Gasteiger partial charge in [0.25, 0.3) is 11.8 Å². The number of rotatable bonds is 10. The molecule has 2 aromatic heterocycles. The summed E-state index contributed by atoms with van der Waals surface area (Å²) >= 11 is 9.53. The van der Waals surface area contributed by atoms with Gasteiger partial charge in [-0.1, -0.05) is 68.1 Å². The summed E-state index contributed by atoms with van der Waals surface area (Å²) in [5.41, 5.74) is 0.849. The number of hydrogen-bond donors (Lipinski definition) is 1. The van der Waals surface area contributed by atoms with Gasteiger partial charge in [0.15, 0.2) is 22.7 Å². The zero-order valence-corrected chi connectivity index (χ0v) is 35.2. The van der Waals surface area contributed by atoms with Crippen LogP contribution in [0.1, 0.15) is 77.0 Å². The molecule has 2 fully saturated rings. The Labute approximate surface area is 359 Å². The Hall–Kier alpha value is -4.41. The molecule has 4 aromatic rings. The van der Waals surface area contributed by atoms with E-state index in [9.17, 15) is 9.90 Å². The van der Waals surface area contributed by atoms with Crippen LogP contribution in [0.5, 0.6) is 11.8 Å². The van der Waals surface area contributed by atoms with E-state index >= 15 is 0 Å². The number of carbonyl (C=O) groups excluding carboxylic acids is 1. The molecule has 16 heteroatoms. The number of hydrogen-bond acceptors (Lipinski definition) is 14. The third kappa shape index (κ3) is 6.99. The highest BCUT2D eigenvalue weighted by Crippen LogP contribution is 2.64. The predicted molar refractivity (Wildman–Crippen MR) is 222 cm³/mol. The lowest BCUT2D eigenvalue weighted by atomic mass is 9.66. The summed E-state index contributed by atoms with van der Waals surface area (Å²) in [4.78, 5) is 17.8. The fourth-order valence-electron chi connectivity index (χ4n) is 9.84. The molecule has 2 saturated heterocycles. The number of carbonyl (C=O) groups is 1. The quantitative estimate of drug-likeness (QED) is 0.158. The van der Waals surface area contributed by atoms with Crippen molar-refractivity contribution in [1.82, 2.24) is 20.1 Å². The van der Waals surface area contributed by atoms with Crippen molar-refractivity contribution < 1.29 is 47.4 Å². The number of halogens is 2. The highest BCUT2D eigenvalue weighted by molar-refractivity contribution is 6.40. The average Bonchev–Trinajstić information content (AvgIpc) is 4.10. The van der Waals surface area contributed by atoms with Crippen LogP contribution in [-0.4, -0.2) is 102 Å². The number of aliphatic hydroxyl groups is 1. The van der Waals surface area contributed by atoms with Gasteiger partial charge in [0.2, 0.25) is 5.78 Å². The summed E-state index contributed by atoms with van der Waals surface area (Å²) in [6.07, 6.45) is 4.24. The van der Waals surface area contributed by atoms with Crippen molar-refractivity contribution in [2.75, 3.05) is 47.7 Å². The molecule has 1 unspecified atom stereocenters. The molecule has 2 aromatic carbocycles. The van der Waals surface area contributed by atoms with Gasteiger partial charge in [-0.25, -0.2) is 0 Å². The Bertz CT molecular complexity index is 2200. The maximum absolute atomic E-state index is 13.7. The molecule has 10 rings (SSSR count). The van der Waals surface area contributed by atoms with Gasteiger partial charge in [0.1, 0.15) is 36.4 Å². The molecule has 0 amide bonds. The molecule has 14 nitrogen and oxygen atoms in total. The minimum absolute atomic E-state index is 0. The minimum atomic E-state index is -1.13. The van der Waals surface area contributed by atoms with Crippen LogP contribution in [0.2, 0.25) is 0 Å². The fraction of sp³-hybridized carbons (Fsp3) is 0.477. The van der Waals surface area contributed by atoms with E-state index in [1.54, 1.807) is 14.2 Å². The van der Waals surface area contributed by atoms with Crippen LogP contribution in [0.3, 0.4) is 0 Å². The Kier molecular flexibility index (Phi) is 12.8. The maximum Gasteiger partial charge on any atom is 0.265 e. The first-order chi connectivity index (χ1) is 28.5. The Morgan fingerprint density at radius 1 is 0.750 bits per heavy atom. The molecule has 0 radical (unpaired) electrons. The van der Waals surface area contributed by atoms with Crippen LogP contribution in [0, 0.1) is 11.8 Å². The monoisotopic (exact) mass is 866 g/mol. The molecule has 60 heavy (non-hydrogen) atoms. The van der Waals surface area contributed by atoms with Crippen LogP contribution >= 0.6 is 23.2 Å². The number of methoxy groups -OCH3 is 2. The van der Waals surface area contributed by atoms with Crippen LogP contribution < -0.4 is 9.47 Å². The van der Waals surface area contributed by atoms with Crippen molar-refractivity contribution in [3.05, 3.63) is 118 Å². The molecule has 4 bridgehead atoms. The number of benzene rings is 2. The molecule has 6 aliphatic rings. The van der Waals surface area contributed by atoms with E-state index in [-0.39, 0.29) is 60.6 Å². The SMILES string of the molecule is C.COC1=C[C@H]2C[C@H]3[C@H](N(C)C)c4onc(OCc5ccccc5)c4C(=O)[C@@]13O2.COC1=C[C@H]2C[C@H]3[C@H](N(C)C)c4onc(OCc5ccccc5)c4C(O)[C@@]13O2.ClCCl. The molecular formula is C44H52Cl2N4O10. The van der Waals surface area contributed by atoms with E-state index in [1.807, 2.05) is 106 Å². The van der Waals surface area contributed by atoms with E-state index in [2.05, 4.69) is 15.2 Å². The molecule has 2 spiro atoms. The average molecular weight is 868 g/mol. The van der Waals surface area contributed by atoms with Crippen molar-refractivity contribution >= 4 is 29.0 Å². The van der Waals surface area contributed by atoms with Gasteiger partial charge in [0.05, 0.1) is 49.4 Å². The number of fused-ring (bicyclic) bond motifs is 4. The second-order valence-corrected chi connectivity index (χ2v) is 16.5. The summed E-state index contributed by atoms with van der Waals surface area (Å²) in [7, 11) is 11.1. The van der Waals surface area contributed by atoms with Gasteiger partial charge in [-0.05, 0) is 74.6 Å². The topological polar surface area (TPSA) is 151 Å². The molecule has 322 valence electrons. The van der Waals surface area contributed by atoms with Crippen LogP contribution in [-0.2, 0) is 32.2 Å². The lowest BCUT2D eigenvalue weighted by Crippen LogP contribution is -2.53. The Balaban J connectivity index is 0.000000168. The normalized spacial score (nSPS) is 29.7. The number of Topliss-reactive ketones (excluding diaryl/α,β-unsaturated/α-hetero) is 1. The summed E-state index contributed by atoms with van der Waals surface area (Å²) in [6.45, 7) is 0.638. The van der Waals surface area contributed by atoms with E-state index in [4.69, 9.17) is 60.7 Å². The van der Waals surface area contributed by atoms with Crippen molar-refractivity contribution in [3.63, 3.8) is 0 Å². The zero-order valence-electron chi connectivity index (χ0n) is 33.7. The number of aliphatic hydroxyl groups excluding tert-OH is 1.